The Morgan fingerprint density at radius 1 is 1.25 bits per heavy atom. The molecule has 0 saturated carbocycles. The summed E-state index contributed by atoms with van der Waals surface area (Å²) in [6.07, 6.45) is 6.41. The minimum Gasteiger partial charge on any atom is -0.383 e. The van der Waals surface area contributed by atoms with E-state index in [4.69, 9.17) is 4.74 Å². The van der Waals surface area contributed by atoms with Crippen molar-refractivity contribution in [3.05, 3.63) is 48.0 Å². The highest BCUT2D eigenvalue weighted by Crippen LogP contribution is 2.32. The minimum atomic E-state index is 0.735. The highest BCUT2D eigenvalue weighted by atomic mass is 32.2. The normalized spacial score (nSPS) is 16.6. The van der Waals surface area contributed by atoms with Crippen LogP contribution in [0.25, 0.3) is 0 Å². The van der Waals surface area contributed by atoms with Gasteiger partial charge in [0.25, 0.3) is 0 Å². The molecule has 1 saturated heterocycles. The SMILES string of the molecule is COCCn1cncc1CN1CCC(Sc2ccccc2C)CC1. The Kier molecular flexibility index (Phi) is 6.35. The van der Waals surface area contributed by atoms with Crippen molar-refractivity contribution >= 4 is 11.8 Å². The molecule has 1 aliphatic rings. The van der Waals surface area contributed by atoms with Crippen molar-refractivity contribution in [3.8, 4) is 0 Å². The van der Waals surface area contributed by atoms with Gasteiger partial charge in [-0.2, -0.15) is 0 Å². The van der Waals surface area contributed by atoms with E-state index >= 15 is 0 Å². The van der Waals surface area contributed by atoms with E-state index in [2.05, 4.69) is 57.4 Å². The van der Waals surface area contributed by atoms with Crippen LogP contribution < -0.4 is 0 Å². The Labute approximate surface area is 149 Å². The predicted octanol–water partition coefficient (Wildman–Crippen LogP) is 3.59. The summed E-state index contributed by atoms with van der Waals surface area (Å²) in [6.45, 7) is 7.14. The molecule has 0 radical (unpaired) electrons. The fraction of sp³-hybridized carbons (Fsp3) is 0.526. The number of imidazole rings is 1. The number of methoxy groups -OCH3 is 1. The van der Waals surface area contributed by atoms with E-state index in [9.17, 15) is 0 Å². The van der Waals surface area contributed by atoms with Crippen LogP contribution in [0.3, 0.4) is 0 Å². The zero-order valence-electron chi connectivity index (χ0n) is 14.6. The van der Waals surface area contributed by atoms with Gasteiger partial charge in [-0.25, -0.2) is 4.98 Å². The molecule has 0 amide bonds. The minimum absolute atomic E-state index is 0.735. The first-order chi connectivity index (χ1) is 11.8. The van der Waals surface area contributed by atoms with Crippen LogP contribution in [0.1, 0.15) is 24.1 Å². The summed E-state index contributed by atoms with van der Waals surface area (Å²) >= 11 is 2.05. The van der Waals surface area contributed by atoms with Gasteiger partial charge in [-0.05, 0) is 44.5 Å². The largest absolute Gasteiger partial charge is 0.383 e. The molecule has 0 atom stereocenters. The molecular formula is C19H27N3OS. The predicted molar refractivity (Wildman–Crippen MR) is 99.4 cm³/mol. The van der Waals surface area contributed by atoms with Crippen LogP contribution in [0.15, 0.2) is 41.7 Å². The zero-order valence-corrected chi connectivity index (χ0v) is 15.5. The van der Waals surface area contributed by atoms with Crippen LogP contribution in [0, 0.1) is 6.92 Å². The molecule has 4 nitrogen and oxygen atoms in total. The van der Waals surface area contributed by atoms with E-state index in [1.165, 1.54) is 42.1 Å². The van der Waals surface area contributed by atoms with Gasteiger partial charge < -0.3 is 9.30 Å². The highest BCUT2D eigenvalue weighted by molar-refractivity contribution is 8.00. The average molecular weight is 346 g/mol. The van der Waals surface area contributed by atoms with Crippen molar-refractivity contribution in [2.24, 2.45) is 0 Å². The van der Waals surface area contributed by atoms with E-state index < -0.39 is 0 Å². The molecular weight excluding hydrogens is 318 g/mol. The van der Waals surface area contributed by atoms with Crippen LogP contribution in [0.4, 0.5) is 0 Å². The molecule has 0 unspecified atom stereocenters. The van der Waals surface area contributed by atoms with Gasteiger partial charge >= 0.3 is 0 Å². The third-order valence-corrected chi connectivity index (χ3v) is 6.16. The van der Waals surface area contributed by atoms with E-state index in [0.29, 0.717) is 0 Å². The van der Waals surface area contributed by atoms with Crippen LogP contribution in [0.5, 0.6) is 0 Å². The maximum Gasteiger partial charge on any atom is 0.0949 e. The summed E-state index contributed by atoms with van der Waals surface area (Å²) < 4.78 is 7.38. The Bertz CT molecular complexity index is 635. The first-order valence-corrected chi connectivity index (χ1v) is 9.57. The summed E-state index contributed by atoms with van der Waals surface area (Å²) in [5.74, 6) is 0. The number of aromatic nitrogens is 2. The summed E-state index contributed by atoms with van der Waals surface area (Å²) in [5.41, 5.74) is 2.68. The van der Waals surface area contributed by atoms with Crippen LogP contribution >= 0.6 is 11.8 Å². The van der Waals surface area contributed by atoms with Gasteiger partial charge in [-0.1, -0.05) is 18.2 Å². The monoisotopic (exact) mass is 345 g/mol. The molecule has 24 heavy (non-hydrogen) atoms. The standard InChI is InChI=1S/C19H27N3OS/c1-16-5-3-4-6-19(16)24-18-7-9-21(10-8-18)14-17-13-20-15-22(17)11-12-23-2/h3-6,13,15,18H,7-12,14H2,1-2H3. The quantitative estimate of drug-likeness (QED) is 0.767. The molecule has 1 fully saturated rings. The molecule has 0 bridgehead atoms. The van der Waals surface area contributed by atoms with E-state index in [1.54, 1.807) is 7.11 Å². The van der Waals surface area contributed by atoms with Crippen molar-refractivity contribution in [3.63, 3.8) is 0 Å². The van der Waals surface area contributed by atoms with Crippen molar-refractivity contribution in [1.29, 1.82) is 0 Å². The Morgan fingerprint density at radius 3 is 2.79 bits per heavy atom. The van der Waals surface area contributed by atoms with Gasteiger partial charge in [0.05, 0.1) is 18.6 Å². The molecule has 2 heterocycles. The van der Waals surface area contributed by atoms with E-state index in [1.807, 2.05) is 12.5 Å². The number of thioether (sulfide) groups is 1. The van der Waals surface area contributed by atoms with Crippen molar-refractivity contribution in [2.45, 2.75) is 43.0 Å². The third-order valence-electron chi connectivity index (χ3n) is 4.64. The Hall–Kier alpha value is -1.30. The second kappa shape index (κ2) is 8.70. The summed E-state index contributed by atoms with van der Waals surface area (Å²) in [6, 6.07) is 8.72. The number of piperidine rings is 1. The van der Waals surface area contributed by atoms with Crippen molar-refractivity contribution in [2.75, 3.05) is 26.8 Å². The summed E-state index contributed by atoms with van der Waals surface area (Å²) in [7, 11) is 1.74. The summed E-state index contributed by atoms with van der Waals surface area (Å²) in [4.78, 5) is 8.29. The molecule has 2 aromatic rings. The number of aryl methyl sites for hydroxylation is 1. The first kappa shape index (κ1) is 17.5. The topological polar surface area (TPSA) is 30.3 Å². The second-order valence-corrected chi connectivity index (χ2v) is 7.77. The van der Waals surface area contributed by atoms with Gasteiger partial charge in [0.15, 0.2) is 0 Å². The molecule has 1 aromatic heterocycles. The van der Waals surface area contributed by atoms with Crippen molar-refractivity contribution < 1.29 is 4.74 Å². The smallest absolute Gasteiger partial charge is 0.0949 e. The molecule has 3 rings (SSSR count). The number of benzene rings is 1. The maximum absolute atomic E-state index is 5.18. The van der Waals surface area contributed by atoms with Gasteiger partial charge in [0.2, 0.25) is 0 Å². The Morgan fingerprint density at radius 2 is 2.04 bits per heavy atom. The number of ether oxygens (including phenoxy) is 1. The molecule has 5 heteroatoms. The lowest BCUT2D eigenvalue weighted by atomic mass is 10.1. The average Bonchev–Trinajstić information content (AvgIpc) is 3.04. The Balaban J connectivity index is 1.49. The lowest BCUT2D eigenvalue weighted by Gasteiger charge is -2.31. The molecule has 1 aliphatic heterocycles. The fourth-order valence-electron chi connectivity index (χ4n) is 3.15. The first-order valence-electron chi connectivity index (χ1n) is 8.69. The lowest BCUT2D eigenvalue weighted by molar-refractivity contribution is 0.182. The second-order valence-electron chi connectivity index (χ2n) is 6.43. The lowest BCUT2D eigenvalue weighted by Crippen LogP contribution is -2.35. The van der Waals surface area contributed by atoms with Gasteiger partial charge in [0, 0.05) is 36.5 Å². The zero-order chi connectivity index (χ0) is 16.8. The van der Waals surface area contributed by atoms with Gasteiger partial charge in [-0.15, -0.1) is 11.8 Å². The van der Waals surface area contributed by atoms with Crippen LogP contribution in [0.2, 0.25) is 0 Å². The maximum atomic E-state index is 5.18. The molecule has 0 spiro atoms. The van der Waals surface area contributed by atoms with Gasteiger partial charge in [-0.3, -0.25) is 4.90 Å². The number of hydrogen-bond acceptors (Lipinski definition) is 4. The molecule has 0 aliphatic carbocycles. The highest BCUT2D eigenvalue weighted by Gasteiger charge is 2.21. The van der Waals surface area contributed by atoms with E-state index in [0.717, 1.165) is 24.9 Å². The number of nitrogens with zero attached hydrogens (tertiary/aromatic N) is 3. The van der Waals surface area contributed by atoms with Crippen LogP contribution in [-0.2, 0) is 17.8 Å². The molecule has 1 aromatic carbocycles. The molecule has 0 N–H and O–H groups in total. The summed E-state index contributed by atoms with van der Waals surface area (Å²) in [5, 5.41) is 0.737. The fourth-order valence-corrected chi connectivity index (χ4v) is 4.37. The number of rotatable bonds is 7. The van der Waals surface area contributed by atoms with E-state index in [-0.39, 0.29) is 0 Å². The number of hydrogen-bond donors (Lipinski definition) is 0. The molecule has 130 valence electrons. The van der Waals surface area contributed by atoms with Crippen LogP contribution in [-0.4, -0.2) is 46.5 Å². The van der Waals surface area contributed by atoms with Crippen molar-refractivity contribution in [1.82, 2.24) is 14.5 Å². The van der Waals surface area contributed by atoms with Gasteiger partial charge in [0.1, 0.15) is 0 Å². The third kappa shape index (κ3) is 4.62. The number of likely N-dealkylation sites (tertiary alicyclic amines) is 1.